The predicted octanol–water partition coefficient (Wildman–Crippen LogP) is 1.02. The summed E-state index contributed by atoms with van der Waals surface area (Å²) in [6.07, 6.45) is 0.545. The highest BCUT2D eigenvalue weighted by atomic mass is 17.1. The Morgan fingerprint density at radius 1 is 1.50 bits per heavy atom. The summed E-state index contributed by atoms with van der Waals surface area (Å²) in [7, 11) is 1.17. The molecule has 16 heavy (non-hydrogen) atoms. The molecule has 6 heteroatoms. The molecule has 0 spiro atoms. The van der Waals surface area contributed by atoms with E-state index in [4.69, 9.17) is 9.99 Å². The molecule has 0 radical (unpaired) electrons. The van der Waals surface area contributed by atoms with Gasteiger partial charge in [-0.15, -0.1) is 0 Å². The molecule has 0 aromatic heterocycles. The molecule has 0 amide bonds. The van der Waals surface area contributed by atoms with E-state index in [0.29, 0.717) is 12.0 Å². The molecule has 6 nitrogen and oxygen atoms in total. The van der Waals surface area contributed by atoms with Crippen LogP contribution in [0.1, 0.15) is 26.7 Å². The lowest BCUT2D eigenvalue weighted by Gasteiger charge is -2.24. The van der Waals surface area contributed by atoms with Gasteiger partial charge in [0.25, 0.3) is 5.79 Å². The lowest BCUT2D eigenvalue weighted by atomic mass is 9.98. The molecular weight excluding hydrogens is 216 g/mol. The maximum atomic E-state index is 11.5. The van der Waals surface area contributed by atoms with Crippen molar-refractivity contribution in [2.24, 2.45) is 0 Å². The molecular formula is C10H14O6. The smallest absolute Gasteiger partial charge is 0.348 e. The molecule has 0 fully saturated rings. The van der Waals surface area contributed by atoms with Crippen molar-refractivity contribution >= 4 is 11.9 Å². The molecule has 1 N–H and O–H groups in total. The average molecular weight is 230 g/mol. The van der Waals surface area contributed by atoms with E-state index < -0.39 is 17.7 Å². The Balaban J connectivity index is 3.28. The van der Waals surface area contributed by atoms with Crippen LogP contribution in [0.4, 0.5) is 0 Å². The second-order valence-corrected chi connectivity index (χ2v) is 3.29. The largest absolute Gasteiger partial charge is 0.465 e. The van der Waals surface area contributed by atoms with E-state index in [-0.39, 0.29) is 12.0 Å². The van der Waals surface area contributed by atoms with Crippen molar-refractivity contribution in [2.45, 2.75) is 32.5 Å². The highest BCUT2D eigenvalue weighted by Crippen LogP contribution is 2.38. The van der Waals surface area contributed by atoms with Crippen LogP contribution in [0, 0.1) is 0 Å². The zero-order valence-corrected chi connectivity index (χ0v) is 9.40. The van der Waals surface area contributed by atoms with Gasteiger partial charge in [-0.1, -0.05) is 13.8 Å². The number of methoxy groups -OCH3 is 1. The van der Waals surface area contributed by atoms with Crippen LogP contribution in [-0.4, -0.2) is 30.1 Å². The number of carbonyl (C=O) groups excluding carboxylic acids is 2. The Bertz CT molecular complexity index is 339. The summed E-state index contributed by atoms with van der Waals surface area (Å²) in [6.45, 7) is 3.39. The fourth-order valence-electron chi connectivity index (χ4n) is 1.75. The fourth-order valence-corrected chi connectivity index (χ4v) is 1.75. The van der Waals surface area contributed by atoms with Crippen molar-refractivity contribution in [3.05, 3.63) is 11.1 Å². The first-order valence-corrected chi connectivity index (χ1v) is 4.94. The summed E-state index contributed by atoms with van der Waals surface area (Å²) in [6, 6.07) is 0. The minimum absolute atomic E-state index is 0.194. The van der Waals surface area contributed by atoms with E-state index in [1.54, 1.807) is 13.8 Å². The zero-order chi connectivity index (χ0) is 12.3. The van der Waals surface area contributed by atoms with Crippen LogP contribution in [0.2, 0.25) is 0 Å². The van der Waals surface area contributed by atoms with Gasteiger partial charge in [0.1, 0.15) is 0 Å². The van der Waals surface area contributed by atoms with Gasteiger partial charge >= 0.3 is 11.9 Å². The minimum atomic E-state index is -1.55. The Labute approximate surface area is 92.7 Å². The van der Waals surface area contributed by atoms with Crippen LogP contribution in [0.25, 0.3) is 0 Å². The third-order valence-electron chi connectivity index (χ3n) is 2.58. The first kappa shape index (κ1) is 12.7. The maximum absolute atomic E-state index is 11.5. The van der Waals surface area contributed by atoms with Gasteiger partial charge in [0.15, 0.2) is 5.57 Å². The van der Waals surface area contributed by atoms with Gasteiger partial charge in [0.2, 0.25) is 0 Å². The van der Waals surface area contributed by atoms with E-state index in [2.05, 4.69) is 9.62 Å². The van der Waals surface area contributed by atoms with E-state index in [1.807, 2.05) is 0 Å². The van der Waals surface area contributed by atoms with Gasteiger partial charge in [0, 0.05) is 12.0 Å². The Morgan fingerprint density at radius 2 is 2.12 bits per heavy atom. The van der Waals surface area contributed by atoms with Crippen LogP contribution in [-0.2, 0) is 24.0 Å². The summed E-state index contributed by atoms with van der Waals surface area (Å²) < 4.78 is 9.38. The zero-order valence-electron chi connectivity index (χ0n) is 9.40. The van der Waals surface area contributed by atoms with Gasteiger partial charge in [-0.05, 0) is 6.42 Å². The second kappa shape index (κ2) is 4.63. The summed E-state index contributed by atoms with van der Waals surface area (Å²) in [5.41, 5.74) is 0.107. The Kier molecular flexibility index (Phi) is 3.66. The molecule has 0 bridgehead atoms. The Morgan fingerprint density at radius 3 is 2.50 bits per heavy atom. The maximum Gasteiger partial charge on any atom is 0.348 e. The summed E-state index contributed by atoms with van der Waals surface area (Å²) in [5.74, 6) is -3.16. The normalized spacial score (nSPS) is 24.6. The highest BCUT2D eigenvalue weighted by Gasteiger charge is 2.50. The van der Waals surface area contributed by atoms with Crippen molar-refractivity contribution in [1.29, 1.82) is 0 Å². The number of ether oxygens (including phenoxy) is 2. The van der Waals surface area contributed by atoms with Gasteiger partial charge < -0.3 is 9.47 Å². The average Bonchev–Trinajstić information content (AvgIpc) is 2.60. The van der Waals surface area contributed by atoms with E-state index in [9.17, 15) is 9.59 Å². The molecule has 0 saturated heterocycles. The topological polar surface area (TPSA) is 82.1 Å². The monoisotopic (exact) mass is 230 g/mol. The molecule has 0 saturated carbocycles. The molecule has 90 valence electrons. The molecule has 0 aromatic carbocycles. The first-order chi connectivity index (χ1) is 7.56. The third kappa shape index (κ3) is 1.70. The van der Waals surface area contributed by atoms with Crippen LogP contribution < -0.4 is 0 Å². The van der Waals surface area contributed by atoms with Crippen LogP contribution in [0.3, 0.4) is 0 Å². The summed E-state index contributed by atoms with van der Waals surface area (Å²) >= 11 is 0. The molecule has 0 aromatic rings. The fraction of sp³-hybridized carbons (Fsp3) is 0.600. The highest BCUT2D eigenvalue weighted by molar-refractivity contribution is 6.16. The van der Waals surface area contributed by atoms with Crippen LogP contribution >= 0.6 is 0 Å². The minimum Gasteiger partial charge on any atom is -0.465 e. The summed E-state index contributed by atoms with van der Waals surface area (Å²) in [5, 5.41) is 8.84. The lowest BCUT2D eigenvalue weighted by Crippen LogP contribution is -2.33. The number of hydrogen-bond donors (Lipinski definition) is 1. The SMILES string of the molecule is CCC1=C(C(=O)OC)C(=O)OC1(CC)OO. The van der Waals surface area contributed by atoms with E-state index in [0.717, 1.165) is 0 Å². The third-order valence-corrected chi connectivity index (χ3v) is 2.58. The molecule has 1 heterocycles. The number of rotatable bonds is 4. The molecule has 1 aliphatic rings. The lowest BCUT2D eigenvalue weighted by molar-refractivity contribution is -0.374. The van der Waals surface area contributed by atoms with Gasteiger partial charge in [-0.3, -0.25) is 0 Å². The van der Waals surface area contributed by atoms with Gasteiger partial charge in [0.05, 0.1) is 7.11 Å². The quantitative estimate of drug-likeness (QED) is 0.336. The first-order valence-electron chi connectivity index (χ1n) is 4.94. The molecule has 1 rings (SSSR count). The van der Waals surface area contributed by atoms with Crippen molar-refractivity contribution < 1.29 is 29.2 Å². The van der Waals surface area contributed by atoms with Gasteiger partial charge in [-0.25, -0.2) is 14.8 Å². The van der Waals surface area contributed by atoms with E-state index in [1.165, 1.54) is 7.11 Å². The molecule has 1 aliphatic heterocycles. The molecule has 1 unspecified atom stereocenters. The number of cyclic esters (lactones) is 1. The predicted molar refractivity (Wildman–Crippen MR) is 52.2 cm³/mol. The number of carbonyl (C=O) groups is 2. The number of esters is 2. The Hall–Kier alpha value is -1.40. The van der Waals surface area contributed by atoms with Crippen molar-refractivity contribution in [3.63, 3.8) is 0 Å². The van der Waals surface area contributed by atoms with Crippen molar-refractivity contribution in [1.82, 2.24) is 0 Å². The van der Waals surface area contributed by atoms with Gasteiger partial charge in [-0.2, -0.15) is 4.89 Å². The number of hydrogen-bond acceptors (Lipinski definition) is 6. The van der Waals surface area contributed by atoms with E-state index >= 15 is 0 Å². The van der Waals surface area contributed by atoms with Crippen LogP contribution in [0.15, 0.2) is 11.1 Å². The van der Waals surface area contributed by atoms with Crippen LogP contribution in [0.5, 0.6) is 0 Å². The second-order valence-electron chi connectivity index (χ2n) is 3.29. The molecule has 1 atom stereocenters. The van der Waals surface area contributed by atoms with Crippen molar-refractivity contribution in [3.8, 4) is 0 Å². The summed E-state index contributed by atoms with van der Waals surface area (Å²) in [4.78, 5) is 27.1. The standard InChI is InChI=1S/C10H14O6/c1-4-6-7(8(11)14-3)9(12)15-10(6,5-2)16-13/h13H,4-5H2,1-3H3. The van der Waals surface area contributed by atoms with Crippen molar-refractivity contribution in [2.75, 3.05) is 7.11 Å². The molecule has 0 aliphatic carbocycles.